The Bertz CT molecular complexity index is 746. The molecule has 0 bridgehead atoms. The van der Waals surface area contributed by atoms with Crippen molar-refractivity contribution in [1.82, 2.24) is 19.6 Å². The third-order valence-corrected chi connectivity index (χ3v) is 5.39. The molecule has 2 aromatic heterocycles. The molecular formula is C20H31N5O. The average molecular weight is 358 g/mol. The smallest absolute Gasteiger partial charge is 0.255 e. The number of nitrogen functional groups attached to an aromatic ring is 1. The van der Waals surface area contributed by atoms with Crippen molar-refractivity contribution in [1.29, 1.82) is 0 Å². The summed E-state index contributed by atoms with van der Waals surface area (Å²) in [7, 11) is 0. The first-order valence-electron chi connectivity index (χ1n) is 9.89. The number of fused-ring (bicyclic) bond motifs is 1. The minimum absolute atomic E-state index is 0.0586. The largest absolute Gasteiger partial charge is 0.385 e. The van der Waals surface area contributed by atoms with Crippen LogP contribution in [0.2, 0.25) is 0 Å². The summed E-state index contributed by atoms with van der Waals surface area (Å²) in [5.74, 6) is 1.10. The lowest BCUT2D eigenvalue weighted by molar-refractivity contribution is 0.0937. The number of hydrogen-bond donors (Lipinski definition) is 2. The third-order valence-electron chi connectivity index (χ3n) is 5.39. The highest BCUT2D eigenvalue weighted by Crippen LogP contribution is 2.19. The highest BCUT2D eigenvalue weighted by atomic mass is 16.1. The monoisotopic (exact) mass is 357 g/mol. The van der Waals surface area contributed by atoms with E-state index in [2.05, 4.69) is 22.1 Å². The van der Waals surface area contributed by atoms with Crippen molar-refractivity contribution in [2.45, 2.75) is 46.0 Å². The van der Waals surface area contributed by atoms with Crippen LogP contribution in [0.25, 0.3) is 5.65 Å². The van der Waals surface area contributed by atoms with Crippen molar-refractivity contribution in [2.24, 2.45) is 5.92 Å². The number of aromatic nitrogens is 2. The van der Waals surface area contributed by atoms with Crippen LogP contribution in [0.3, 0.4) is 0 Å². The molecule has 1 aliphatic heterocycles. The summed E-state index contributed by atoms with van der Waals surface area (Å²) in [6.45, 7) is 8.51. The summed E-state index contributed by atoms with van der Waals surface area (Å²) in [5.41, 5.74) is 8.20. The first kappa shape index (κ1) is 18.7. The molecule has 6 heteroatoms. The number of nitrogens with zero attached hydrogens (tertiary/aromatic N) is 3. The number of aryl methyl sites for hydroxylation is 1. The second-order valence-corrected chi connectivity index (χ2v) is 7.30. The van der Waals surface area contributed by atoms with Gasteiger partial charge in [-0.2, -0.15) is 0 Å². The van der Waals surface area contributed by atoms with Crippen LogP contribution in [-0.2, 0) is 6.42 Å². The van der Waals surface area contributed by atoms with Gasteiger partial charge in [-0.1, -0.05) is 20.3 Å². The molecule has 0 atom stereocenters. The van der Waals surface area contributed by atoms with Gasteiger partial charge in [-0.25, -0.2) is 4.98 Å². The van der Waals surface area contributed by atoms with Gasteiger partial charge in [0, 0.05) is 12.7 Å². The quantitative estimate of drug-likeness (QED) is 0.799. The van der Waals surface area contributed by atoms with Gasteiger partial charge < -0.3 is 16.0 Å². The van der Waals surface area contributed by atoms with Crippen LogP contribution in [0, 0.1) is 5.92 Å². The van der Waals surface area contributed by atoms with Gasteiger partial charge >= 0.3 is 0 Å². The van der Waals surface area contributed by atoms with Crippen LogP contribution in [0.15, 0.2) is 18.3 Å². The summed E-state index contributed by atoms with van der Waals surface area (Å²) in [6, 6.07) is 3.55. The normalized spacial score (nSPS) is 16.2. The lowest BCUT2D eigenvalue weighted by Crippen LogP contribution is -2.39. The van der Waals surface area contributed by atoms with Crippen molar-refractivity contribution >= 4 is 17.4 Å². The maximum absolute atomic E-state index is 12.7. The van der Waals surface area contributed by atoms with E-state index in [0.29, 0.717) is 22.9 Å². The van der Waals surface area contributed by atoms with Gasteiger partial charge in [-0.3, -0.25) is 9.20 Å². The number of piperidine rings is 1. The fraction of sp³-hybridized carbons (Fsp3) is 0.600. The van der Waals surface area contributed by atoms with E-state index >= 15 is 0 Å². The van der Waals surface area contributed by atoms with E-state index in [-0.39, 0.29) is 5.91 Å². The zero-order chi connectivity index (χ0) is 18.5. The lowest BCUT2D eigenvalue weighted by atomic mass is 9.96. The van der Waals surface area contributed by atoms with Crippen LogP contribution in [0.5, 0.6) is 0 Å². The second-order valence-electron chi connectivity index (χ2n) is 7.30. The van der Waals surface area contributed by atoms with E-state index in [0.717, 1.165) is 44.6 Å². The number of carbonyl (C=O) groups is 1. The molecule has 1 fully saturated rings. The Morgan fingerprint density at radius 2 is 2.08 bits per heavy atom. The molecule has 6 nitrogen and oxygen atoms in total. The molecule has 3 N–H and O–H groups in total. The minimum atomic E-state index is -0.0586. The fourth-order valence-corrected chi connectivity index (χ4v) is 3.62. The molecular weight excluding hydrogens is 326 g/mol. The Balaban J connectivity index is 1.58. The molecule has 0 unspecified atom stereocenters. The predicted molar refractivity (Wildman–Crippen MR) is 105 cm³/mol. The molecule has 1 aliphatic rings. The van der Waals surface area contributed by atoms with E-state index in [1.165, 1.54) is 19.4 Å². The highest BCUT2D eigenvalue weighted by Gasteiger charge is 2.20. The first-order chi connectivity index (χ1) is 12.6. The summed E-state index contributed by atoms with van der Waals surface area (Å²) in [6.07, 6.45) is 7.57. The van der Waals surface area contributed by atoms with Crippen molar-refractivity contribution in [3.05, 3.63) is 29.6 Å². The van der Waals surface area contributed by atoms with Crippen molar-refractivity contribution < 1.29 is 4.79 Å². The first-order valence-corrected chi connectivity index (χ1v) is 9.89. The molecule has 1 saturated heterocycles. The molecule has 0 aliphatic carbocycles. The number of nitrogens with one attached hydrogen (secondary N) is 1. The SMILES string of the molecule is CCCCN1CCC(CNC(=O)c2ccc(N)n3cc(CC)nc23)CC1. The molecule has 0 saturated carbocycles. The van der Waals surface area contributed by atoms with Crippen LogP contribution >= 0.6 is 0 Å². The second kappa shape index (κ2) is 8.54. The third kappa shape index (κ3) is 4.18. The van der Waals surface area contributed by atoms with Crippen molar-refractivity contribution in [3.8, 4) is 0 Å². The molecule has 0 spiro atoms. The summed E-state index contributed by atoms with van der Waals surface area (Å²) >= 11 is 0. The van der Waals surface area contributed by atoms with Gasteiger partial charge in [0.05, 0.1) is 11.3 Å². The average Bonchev–Trinajstić information content (AvgIpc) is 3.11. The topological polar surface area (TPSA) is 75.7 Å². The van der Waals surface area contributed by atoms with E-state index in [9.17, 15) is 4.79 Å². The number of anilines is 1. The molecule has 3 rings (SSSR count). The molecule has 0 aromatic carbocycles. The van der Waals surface area contributed by atoms with Gasteiger partial charge in [0.2, 0.25) is 0 Å². The number of hydrogen-bond acceptors (Lipinski definition) is 4. The predicted octanol–water partition coefficient (Wildman–Crippen LogP) is 2.72. The highest BCUT2D eigenvalue weighted by molar-refractivity contribution is 6.00. The van der Waals surface area contributed by atoms with Gasteiger partial charge in [0.25, 0.3) is 5.91 Å². The summed E-state index contributed by atoms with van der Waals surface area (Å²) < 4.78 is 1.81. The number of pyridine rings is 1. The number of nitrogens with two attached hydrogens (primary N) is 1. The number of imidazole rings is 1. The molecule has 3 heterocycles. The van der Waals surface area contributed by atoms with Crippen LogP contribution < -0.4 is 11.1 Å². The number of unbranched alkanes of at least 4 members (excludes halogenated alkanes) is 1. The number of amides is 1. The standard InChI is InChI=1S/C20H31N5O/c1-3-5-10-24-11-8-15(9-12-24)13-22-20(26)17-6-7-18(21)25-14-16(4-2)23-19(17)25/h6-7,14-15H,3-5,8-13,21H2,1-2H3,(H,22,26). The summed E-state index contributed by atoms with van der Waals surface area (Å²) in [4.78, 5) is 19.8. The molecule has 142 valence electrons. The Labute approximate surface area is 155 Å². The van der Waals surface area contributed by atoms with Crippen molar-refractivity contribution in [2.75, 3.05) is 31.9 Å². The van der Waals surface area contributed by atoms with E-state index < -0.39 is 0 Å². The summed E-state index contributed by atoms with van der Waals surface area (Å²) in [5, 5.41) is 3.11. The minimum Gasteiger partial charge on any atom is -0.385 e. The zero-order valence-corrected chi connectivity index (χ0v) is 16.0. The van der Waals surface area contributed by atoms with E-state index in [1.807, 2.05) is 13.1 Å². The lowest BCUT2D eigenvalue weighted by Gasteiger charge is -2.31. The van der Waals surface area contributed by atoms with Crippen LogP contribution in [0.1, 0.15) is 55.6 Å². The maximum Gasteiger partial charge on any atom is 0.255 e. The number of likely N-dealkylation sites (tertiary alicyclic amines) is 1. The zero-order valence-electron chi connectivity index (χ0n) is 16.0. The maximum atomic E-state index is 12.7. The Morgan fingerprint density at radius 1 is 1.31 bits per heavy atom. The molecule has 0 radical (unpaired) electrons. The van der Waals surface area contributed by atoms with Gasteiger partial charge in [0.15, 0.2) is 5.65 Å². The van der Waals surface area contributed by atoms with Gasteiger partial charge in [0.1, 0.15) is 5.82 Å². The van der Waals surface area contributed by atoms with E-state index in [1.54, 1.807) is 16.5 Å². The van der Waals surface area contributed by atoms with Gasteiger partial charge in [-0.05, 0) is 63.4 Å². The Morgan fingerprint density at radius 3 is 2.77 bits per heavy atom. The van der Waals surface area contributed by atoms with E-state index in [4.69, 9.17) is 5.73 Å². The Hall–Kier alpha value is -2.08. The van der Waals surface area contributed by atoms with Crippen molar-refractivity contribution in [3.63, 3.8) is 0 Å². The number of rotatable bonds is 7. The fourth-order valence-electron chi connectivity index (χ4n) is 3.62. The van der Waals surface area contributed by atoms with Crippen LogP contribution in [-0.4, -0.2) is 46.4 Å². The molecule has 1 amide bonds. The Kier molecular flexibility index (Phi) is 6.14. The van der Waals surface area contributed by atoms with Crippen LogP contribution in [0.4, 0.5) is 5.82 Å². The van der Waals surface area contributed by atoms with Gasteiger partial charge in [-0.15, -0.1) is 0 Å². The number of carbonyl (C=O) groups excluding carboxylic acids is 1. The molecule has 26 heavy (non-hydrogen) atoms. The molecule has 2 aromatic rings.